The smallest absolute Gasteiger partial charge is 0.434 e. The van der Waals surface area contributed by atoms with E-state index in [2.05, 4.69) is 15.3 Å². The van der Waals surface area contributed by atoms with Crippen LogP contribution in [0.25, 0.3) is 0 Å². The van der Waals surface area contributed by atoms with Crippen LogP contribution < -0.4 is 15.0 Å². The third kappa shape index (κ3) is 5.90. The molecule has 7 rings (SSSR count). The minimum atomic E-state index is -5.02. The minimum absolute atomic E-state index is 0.0577. The summed E-state index contributed by atoms with van der Waals surface area (Å²) >= 11 is 0. The number of aromatic nitrogens is 2. The first-order valence-electron chi connectivity index (χ1n) is 16.6. The Balaban J connectivity index is 1.20. The number of nitrogens with one attached hydrogen (secondary N) is 1. The number of carboxylic acid groups (broad SMARTS) is 1. The van der Waals surface area contributed by atoms with Crippen molar-refractivity contribution in [1.29, 1.82) is 0 Å². The van der Waals surface area contributed by atoms with Crippen molar-refractivity contribution < 1.29 is 45.8 Å². The number of nitrogens with zero attached hydrogens (tertiary/aromatic N) is 3. The van der Waals surface area contributed by atoms with Gasteiger partial charge in [-0.05, 0) is 92.9 Å². The van der Waals surface area contributed by atoms with Gasteiger partial charge in [0, 0.05) is 37.1 Å². The van der Waals surface area contributed by atoms with Crippen LogP contribution in [0.1, 0.15) is 79.9 Å². The molecule has 1 aromatic carbocycles. The molecule has 1 spiro atoms. The highest BCUT2D eigenvalue weighted by molar-refractivity contribution is 7.91. The molecule has 4 fully saturated rings. The predicted molar refractivity (Wildman–Crippen MR) is 167 cm³/mol. The maximum absolute atomic E-state index is 14.6. The number of halogens is 3. The molecule has 4 atom stereocenters. The van der Waals surface area contributed by atoms with E-state index in [0.29, 0.717) is 63.2 Å². The fourth-order valence-electron chi connectivity index (χ4n) is 8.83. The minimum Gasteiger partial charge on any atom is -0.490 e. The first-order chi connectivity index (χ1) is 22.7. The highest BCUT2D eigenvalue weighted by Gasteiger charge is 2.57. The molecule has 2 bridgehead atoms. The summed E-state index contributed by atoms with van der Waals surface area (Å²) in [5.41, 5.74) is -2.91. The van der Waals surface area contributed by atoms with E-state index in [1.54, 1.807) is 17.0 Å². The third-order valence-electron chi connectivity index (χ3n) is 11.1. The molecule has 15 heteroatoms. The molecule has 1 aromatic heterocycles. The Morgan fingerprint density at radius 3 is 2.54 bits per heavy atom. The fraction of sp³-hybridized carbons (Fsp3) is 0.636. The molecule has 4 heterocycles. The molecule has 2 aliphatic carbocycles. The van der Waals surface area contributed by atoms with Crippen molar-refractivity contribution in [1.82, 2.24) is 15.3 Å². The summed E-state index contributed by atoms with van der Waals surface area (Å²) in [6.07, 6.45) is -0.304. The van der Waals surface area contributed by atoms with Gasteiger partial charge in [0.2, 0.25) is 5.95 Å². The molecule has 2 aromatic rings. The highest BCUT2D eigenvalue weighted by Crippen LogP contribution is 2.52. The molecule has 2 N–H and O–H groups in total. The molecule has 2 saturated heterocycles. The molecule has 11 nitrogen and oxygen atoms in total. The van der Waals surface area contributed by atoms with E-state index in [0.717, 1.165) is 18.2 Å². The fourth-order valence-corrected chi connectivity index (χ4v) is 10.3. The average Bonchev–Trinajstić information content (AvgIpc) is 3.48. The number of alkyl halides is 3. The van der Waals surface area contributed by atoms with E-state index in [1.165, 1.54) is 0 Å². The van der Waals surface area contributed by atoms with Crippen LogP contribution in [0.2, 0.25) is 0 Å². The number of ether oxygens (including phenoxy) is 2. The van der Waals surface area contributed by atoms with Gasteiger partial charge in [0.25, 0.3) is 5.91 Å². The van der Waals surface area contributed by atoms with Gasteiger partial charge >= 0.3 is 12.1 Å². The molecular weight excluding hydrogens is 653 g/mol. The molecule has 48 heavy (non-hydrogen) atoms. The number of carboxylic acids is 1. The van der Waals surface area contributed by atoms with Crippen LogP contribution in [-0.2, 0) is 31.0 Å². The zero-order valence-corrected chi connectivity index (χ0v) is 27.4. The number of hydrogen-bond acceptors (Lipinski definition) is 9. The highest BCUT2D eigenvalue weighted by atomic mass is 32.2. The standard InChI is InChI=1S/C33H39F3N4O7S/c1-19-12-20-14-21(13-19)32(16-20,29(42)43)39-28(41)24-17-37-30(38-27(24)33(34,35)36)40-18-31(6-8-46-9-7-31)25-15-23(2-3-26(25)40)47-22-4-10-48(44,45)11-5-22/h2-3,15,17,19-22H,4-14,16,18H2,1H3,(H,39,41)(H,42,43). The zero-order valence-electron chi connectivity index (χ0n) is 26.6. The van der Waals surface area contributed by atoms with Gasteiger partial charge in [-0.25, -0.2) is 23.2 Å². The van der Waals surface area contributed by atoms with Crippen molar-refractivity contribution in [2.24, 2.45) is 17.8 Å². The van der Waals surface area contributed by atoms with E-state index in [9.17, 15) is 36.3 Å². The number of anilines is 2. The van der Waals surface area contributed by atoms with Crippen molar-refractivity contribution in [3.63, 3.8) is 0 Å². The van der Waals surface area contributed by atoms with Crippen molar-refractivity contribution in [2.75, 3.05) is 36.2 Å². The van der Waals surface area contributed by atoms with E-state index >= 15 is 0 Å². The van der Waals surface area contributed by atoms with E-state index in [4.69, 9.17) is 9.47 Å². The van der Waals surface area contributed by atoms with Gasteiger partial charge in [-0.1, -0.05) is 6.92 Å². The van der Waals surface area contributed by atoms with Gasteiger partial charge in [0.1, 0.15) is 17.4 Å². The molecular formula is C33H39F3N4O7S. The number of rotatable bonds is 6. The lowest BCUT2D eigenvalue weighted by Crippen LogP contribution is -2.57. The lowest BCUT2D eigenvalue weighted by atomic mass is 9.76. The second kappa shape index (κ2) is 11.9. The summed E-state index contributed by atoms with van der Waals surface area (Å²) in [5, 5.41) is 12.8. The quantitative estimate of drug-likeness (QED) is 0.438. The lowest BCUT2D eigenvalue weighted by Gasteiger charge is -2.34. The Hall–Kier alpha value is -3.46. The second-order valence-corrected chi connectivity index (χ2v) is 16.7. The predicted octanol–water partition coefficient (Wildman–Crippen LogP) is 4.66. The summed E-state index contributed by atoms with van der Waals surface area (Å²) in [7, 11) is -3.06. The summed E-state index contributed by atoms with van der Waals surface area (Å²) in [4.78, 5) is 35.9. The van der Waals surface area contributed by atoms with Crippen molar-refractivity contribution in [3.05, 3.63) is 41.2 Å². The number of sulfone groups is 1. The van der Waals surface area contributed by atoms with E-state index in [1.807, 2.05) is 13.0 Å². The first-order valence-corrected chi connectivity index (χ1v) is 18.4. The monoisotopic (exact) mass is 692 g/mol. The second-order valence-electron chi connectivity index (χ2n) is 14.4. The van der Waals surface area contributed by atoms with Gasteiger partial charge in [-0.3, -0.25) is 4.79 Å². The normalized spacial score (nSPS) is 29.4. The summed E-state index contributed by atoms with van der Waals surface area (Å²) < 4.78 is 79.4. The summed E-state index contributed by atoms with van der Waals surface area (Å²) in [5.74, 6) is -2.00. The van der Waals surface area contributed by atoms with Gasteiger partial charge in [0.05, 0.1) is 17.1 Å². The average molecular weight is 693 g/mol. The first kappa shape index (κ1) is 33.1. The maximum Gasteiger partial charge on any atom is 0.434 e. The number of hydrogen-bond donors (Lipinski definition) is 2. The number of benzene rings is 1. The molecule has 0 radical (unpaired) electrons. The number of carbonyl (C=O) groups is 2. The summed E-state index contributed by atoms with van der Waals surface area (Å²) in [6, 6.07) is 5.34. The number of fused-ring (bicyclic) bond motifs is 4. The topological polar surface area (TPSA) is 148 Å². The molecule has 2 saturated carbocycles. The Morgan fingerprint density at radius 2 is 1.85 bits per heavy atom. The van der Waals surface area contributed by atoms with Crippen LogP contribution >= 0.6 is 0 Å². The van der Waals surface area contributed by atoms with Crippen molar-refractivity contribution >= 4 is 33.3 Å². The van der Waals surface area contributed by atoms with Crippen molar-refractivity contribution in [2.45, 2.75) is 81.5 Å². The van der Waals surface area contributed by atoms with Gasteiger partial charge in [-0.2, -0.15) is 13.2 Å². The Kier molecular flexibility index (Phi) is 8.16. The number of amides is 1. The Bertz CT molecular complexity index is 1720. The number of carbonyl (C=O) groups excluding carboxylic acids is 1. The number of aliphatic carboxylic acids is 1. The van der Waals surface area contributed by atoms with Crippen LogP contribution in [0, 0.1) is 17.8 Å². The van der Waals surface area contributed by atoms with Gasteiger partial charge in [-0.15, -0.1) is 0 Å². The van der Waals surface area contributed by atoms with Gasteiger partial charge < -0.3 is 24.8 Å². The lowest BCUT2D eigenvalue weighted by molar-refractivity contribution is -0.146. The van der Waals surface area contributed by atoms with E-state index < -0.39 is 50.1 Å². The SMILES string of the molecule is CC1CC2CC(C1)C(NC(=O)c1cnc(N3CC4(CCOCC4)c4cc(OC5CCS(=O)(=O)CC5)ccc43)nc1C(F)(F)F)(C(=O)O)C2. The largest absolute Gasteiger partial charge is 0.490 e. The van der Waals surface area contributed by atoms with Crippen LogP contribution in [-0.4, -0.2) is 78.3 Å². The Morgan fingerprint density at radius 1 is 1.12 bits per heavy atom. The van der Waals surface area contributed by atoms with E-state index in [-0.39, 0.29) is 54.3 Å². The van der Waals surface area contributed by atoms with Crippen LogP contribution in [0.3, 0.4) is 0 Å². The Labute approximate surface area is 276 Å². The van der Waals surface area contributed by atoms with Crippen LogP contribution in [0.15, 0.2) is 24.4 Å². The molecule has 260 valence electrons. The molecule has 4 unspecified atom stereocenters. The van der Waals surface area contributed by atoms with Gasteiger partial charge in [0.15, 0.2) is 15.5 Å². The molecule has 3 aliphatic heterocycles. The molecule has 1 amide bonds. The summed E-state index contributed by atoms with van der Waals surface area (Å²) in [6.45, 7) is 3.22. The third-order valence-corrected chi connectivity index (χ3v) is 12.9. The zero-order chi connectivity index (χ0) is 34.1. The van der Waals surface area contributed by atoms with Crippen molar-refractivity contribution in [3.8, 4) is 5.75 Å². The maximum atomic E-state index is 14.6. The van der Waals surface area contributed by atoms with Crippen LogP contribution in [0.5, 0.6) is 5.75 Å². The van der Waals surface area contributed by atoms with Crippen LogP contribution in [0.4, 0.5) is 24.8 Å². The molecule has 5 aliphatic rings.